The molecule has 1 aromatic rings. The molecular formula is C18H27NO3S. The molecule has 2 fully saturated rings. The highest BCUT2D eigenvalue weighted by atomic mass is 32.2. The highest BCUT2D eigenvalue weighted by molar-refractivity contribution is 7.91. The maximum absolute atomic E-state index is 11.6. The van der Waals surface area contributed by atoms with E-state index in [1.54, 1.807) is 0 Å². The lowest BCUT2D eigenvalue weighted by atomic mass is 9.74. The quantitative estimate of drug-likeness (QED) is 0.911. The van der Waals surface area contributed by atoms with Gasteiger partial charge in [0.05, 0.1) is 18.1 Å². The SMILES string of the molecule is O=S1(=O)CCC(CN2CCCC(CO)(c3ccccc3)C2)CC1. The van der Waals surface area contributed by atoms with Gasteiger partial charge in [-0.05, 0) is 43.7 Å². The summed E-state index contributed by atoms with van der Waals surface area (Å²) in [6, 6.07) is 10.3. The van der Waals surface area contributed by atoms with Crippen LogP contribution in [0.1, 0.15) is 31.2 Å². The molecule has 0 bridgehead atoms. The molecule has 4 nitrogen and oxygen atoms in total. The molecule has 23 heavy (non-hydrogen) atoms. The van der Waals surface area contributed by atoms with E-state index >= 15 is 0 Å². The number of sulfone groups is 1. The van der Waals surface area contributed by atoms with Crippen molar-refractivity contribution in [1.29, 1.82) is 0 Å². The van der Waals surface area contributed by atoms with Gasteiger partial charge in [0.2, 0.25) is 0 Å². The number of benzene rings is 1. The van der Waals surface area contributed by atoms with Crippen molar-refractivity contribution in [3.05, 3.63) is 35.9 Å². The second-order valence-corrected chi connectivity index (χ2v) is 9.54. The Morgan fingerprint density at radius 1 is 1.17 bits per heavy atom. The van der Waals surface area contributed by atoms with Gasteiger partial charge in [-0.25, -0.2) is 8.42 Å². The van der Waals surface area contributed by atoms with Crippen LogP contribution in [0.15, 0.2) is 30.3 Å². The van der Waals surface area contributed by atoms with Crippen LogP contribution in [0.2, 0.25) is 0 Å². The van der Waals surface area contributed by atoms with Crippen molar-refractivity contribution in [3.8, 4) is 0 Å². The first-order valence-corrected chi connectivity index (χ1v) is 10.4. The third-order valence-corrected chi connectivity index (χ3v) is 7.25. The lowest BCUT2D eigenvalue weighted by Gasteiger charge is -2.43. The largest absolute Gasteiger partial charge is 0.395 e. The third-order valence-electron chi connectivity index (χ3n) is 5.54. The normalized spacial score (nSPS) is 29.4. The van der Waals surface area contributed by atoms with Crippen LogP contribution in [0.25, 0.3) is 0 Å². The van der Waals surface area contributed by atoms with Gasteiger partial charge in [-0.3, -0.25) is 0 Å². The van der Waals surface area contributed by atoms with Crippen LogP contribution < -0.4 is 0 Å². The number of nitrogens with zero attached hydrogens (tertiary/aromatic N) is 1. The van der Waals surface area contributed by atoms with E-state index in [0.29, 0.717) is 17.4 Å². The van der Waals surface area contributed by atoms with E-state index in [4.69, 9.17) is 0 Å². The van der Waals surface area contributed by atoms with Crippen LogP contribution in [0, 0.1) is 5.92 Å². The Labute approximate surface area is 139 Å². The maximum Gasteiger partial charge on any atom is 0.150 e. The molecule has 0 saturated carbocycles. The zero-order chi connectivity index (χ0) is 16.3. The lowest BCUT2D eigenvalue weighted by molar-refractivity contribution is 0.0779. The first-order chi connectivity index (χ1) is 11.0. The monoisotopic (exact) mass is 337 g/mol. The van der Waals surface area contributed by atoms with E-state index in [9.17, 15) is 13.5 Å². The Morgan fingerprint density at radius 3 is 2.52 bits per heavy atom. The van der Waals surface area contributed by atoms with Crippen molar-refractivity contribution in [1.82, 2.24) is 4.90 Å². The summed E-state index contributed by atoms with van der Waals surface area (Å²) in [5.74, 6) is 1.16. The molecule has 2 aliphatic rings. The molecule has 5 heteroatoms. The smallest absolute Gasteiger partial charge is 0.150 e. The van der Waals surface area contributed by atoms with E-state index in [1.165, 1.54) is 5.56 Å². The molecular weight excluding hydrogens is 310 g/mol. The minimum Gasteiger partial charge on any atom is -0.395 e. The summed E-state index contributed by atoms with van der Waals surface area (Å²) in [5.41, 5.74) is 1.05. The molecule has 1 N–H and O–H groups in total. The van der Waals surface area contributed by atoms with Gasteiger partial charge in [-0.2, -0.15) is 0 Å². The van der Waals surface area contributed by atoms with Gasteiger partial charge in [0.25, 0.3) is 0 Å². The second-order valence-electron chi connectivity index (χ2n) is 7.24. The van der Waals surface area contributed by atoms with E-state index < -0.39 is 9.84 Å². The third kappa shape index (κ3) is 3.95. The van der Waals surface area contributed by atoms with Gasteiger partial charge in [0.15, 0.2) is 0 Å². The summed E-state index contributed by atoms with van der Waals surface area (Å²) in [4.78, 5) is 2.44. The van der Waals surface area contributed by atoms with Crippen LogP contribution in [-0.2, 0) is 15.3 Å². The Kier molecular flexibility index (Phi) is 5.09. The van der Waals surface area contributed by atoms with Crippen molar-refractivity contribution in [2.75, 3.05) is 37.7 Å². The molecule has 0 radical (unpaired) electrons. The average molecular weight is 337 g/mol. The number of aliphatic hydroxyl groups is 1. The van der Waals surface area contributed by atoms with Crippen molar-refractivity contribution < 1.29 is 13.5 Å². The summed E-state index contributed by atoms with van der Waals surface area (Å²) >= 11 is 0. The number of rotatable bonds is 4. The fourth-order valence-electron chi connectivity index (χ4n) is 4.12. The molecule has 2 aliphatic heterocycles. The highest BCUT2D eigenvalue weighted by Gasteiger charge is 2.37. The minimum absolute atomic E-state index is 0.166. The van der Waals surface area contributed by atoms with Gasteiger partial charge in [-0.15, -0.1) is 0 Å². The number of hydrogen-bond donors (Lipinski definition) is 1. The second kappa shape index (κ2) is 6.91. The summed E-state index contributed by atoms with van der Waals surface area (Å²) in [7, 11) is -2.79. The van der Waals surface area contributed by atoms with Crippen LogP contribution in [-0.4, -0.2) is 56.2 Å². The van der Waals surface area contributed by atoms with Crippen LogP contribution in [0.3, 0.4) is 0 Å². The first kappa shape index (κ1) is 16.9. The fraction of sp³-hybridized carbons (Fsp3) is 0.667. The predicted octanol–water partition coefficient (Wildman–Crippen LogP) is 1.84. The molecule has 2 heterocycles. The van der Waals surface area contributed by atoms with Crippen LogP contribution >= 0.6 is 0 Å². The molecule has 2 saturated heterocycles. The van der Waals surface area contributed by atoms with E-state index in [0.717, 1.165) is 45.3 Å². The Hall–Kier alpha value is -0.910. The molecule has 0 amide bonds. The number of aliphatic hydroxyl groups excluding tert-OH is 1. The Morgan fingerprint density at radius 2 is 1.87 bits per heavy atom. The van der Waals surface area contributed by atoms with Gasteiger partial charge in [0, 0.05) is 18.5 Å². The molecule has 3 rings (SSSR count). The molecule has 1 aromatic carbocycles. The Bertz CT molecular complexity index is 602. The van der Waals surface area contributed by atoms with Crippen molar-refractivity contribution in [3.63, 3.8) is 0 Å². The molecule has 128 valence electrons. The van der Waals surface area contributed by atoms with Crippen LogP contribution in [0.5, 0.6) is 0 Å². The minimum atomic E-state index is -2.79. The van der Waals surface area contributed by atoms with Gasteiger partial charge >= 0.3 is 0 Å². The van der Waals surface area contributed by atoms with E-state index in [2.05, 4.69) is 17.0 Å². The van der Waals surface area contributed by atoms with Gasteiger partial charge < -0.3 is 10.0 Å². The maximum atomic E-state index is 11.6. The molecule has 1 atom stereocenters. The van der Waals surface area contributed by atoms with E-state index in [1.807, 2.05) is 18.2 Å². The van der Waals surface area contributed by atoms with Crippen molar-refractivity contribution >= 4 is 9.84 Å². The summed E-state index contributed by atoms with van der Waals surface area (Å²) < 4.78 is 23.2. The van der Waals surface area contributed by atoms with Gasteiger partial charge in [-0.1, -0.05) is 30.3 Å². The zero-order valence-corrected chi connectivity index (χ0v) is 14.5. The van der Waals surface area contributed by atoms with E-state index in [-0.39, 0.29) is 12.0 Å². The summed E-state index contributed by atoms with van der Waals surface area (Å²) in [6.07, 6.45) is 3.68. The summed E-state index contributed by atoms with van der Waals surface area (Å²) in [6.45, 7) is 3.06. The van der Waals surface area contributed by atoms with Crippen molar-refractivity contribution in [2.24, 2.45) is 5.92 Å². The molecule has 1 unspecified atom stereocenters. The first-order valence-electron chi connectivity index (χ1n) is 8.62. The molecule has 0 aliphatic carbocycles. The molecule has 0 aromatic heterocycles. The van der Waals surface area contributed by atoms with Crippen LogP contribution in [0.4, 0.5) is 0 Å². The Balaban J connectivity index is 1.66. The number of likely N-dealkylation sites (tertiary alicyclic amines) is 1. The topological polar surface area (TPSA) is 57.6 Å². The molecule has 0 spiro atoms. The predicted molar refractivity (Wildman–Crippen MR) is 92.3 cm³/mol. The summed E-state index contributed by atoms with van der Waals surface area (Å²) in [5, 5.41) is 10.1. The highest BCUT2D eigenvalue weighted by Crippen LogP contribution is 2.34. The zero-order valence-electron chi connectivity index (χ0n) is 13.7. The number of hydrogen-bond acceptors (Lipinski definition) is 4. The van der Waals surface area contributed by atoms with Crippen molar-refractivity contribution in [2.45, 2.75) is 31.1 Å². The lowest BCUT2D eigenvalue weighted by Crippen LogP contribution is -2.50. The standard InChI is InChI=1S/C18H27NO3S/c20-15-18(17-5-2-1-3-6-17)9-4-10-19(14-18)13-16-7-11-23(21,22)12-8-16/h1-3,5-6,16,20H,4,7-15H2. The fourth-order valence-corrected chi connectivity index (χ4v) is 5.71. The number of piperidine rings is 1. The van der Waals surface area contributed by atoms with Gasteiger partial charge in [0.1, 0.15) is 9.84 Å². The average Bonchev–Trinajstić information content (AvgIpc) is 2.58.